The van der Waals surface area contributed by atoms with Gasteiger partial charge in [0.05, 0.1) is 17.2 Å². The van der Waals surface area contributed by atoms with Crippen LogP contribution >= 0.6 is 11.3 Å². The monoisotopic (exact) mass is 296 g/mol. The van der Waals surface area contributed by atoms with Crippen molar-refractivity contribution in [2.45, 2.75) is 38.8 Å². The van der Waals surface area contributed by atoms with Gasteiger partial charge in [-0.2, -0.15) is 0 Å². The summed E-state index contributed by atoms with van der Waals surface area (Å²) in [4.78, 5) is 18.1. The summed E-state index contributed by atoms with van der Waals surface area (Å²) in [7, 11) is 1.69. The van der Waals surface area contributed by atoms with E-state index in [1.807, 2.05) is 6.92 Å². The number of likely N-dealkylation sites (N-methyl/N-ethyl adjacent to an activating group) is 1. The molecule has 1 fully saturated rings. The standard InChI is InChI=1S/C14H24N4OS/c1-10(13-9-20-11(2)17-13)16-12-4-6-18(7-5-12)8-14(19)15-3/h9-10,12,16H,4-8H2,1-3H3,(H,15,19). The molecule has 112 valence electrons. The van der Waals surface area contributed by atoms with Gasteiger partial charge >= 0.3 is 0 Å². The van der Waals surface area contributed by atoms with Crippen molar-refractivity contribution in [3.8, 4) is 0 Å². The number of nitrogens with zero attached hydrogens (tertiary/aromatic N) is 2. The maximum Gasteiger partial charge on any atom is 0.233 e. The van der Waals surface area contributed by atoms with Gasteiger partial charge in [-0.1, -0.05) is 0 Å². The molecule has 1 aliphatic rings. The molecule has 0 aromatic carbocycles. The first-order chi connectivity index (χ1) is 9.58. The molecule has 1 aliphatic heterocycles. The molecule has 2 N–H and O–H groups in total. The number of piperidine rings is 1. The second-order valence-corrected chi connectivity index (χ2v) is 6.47. The maximum absolute atomic E-state index is 11.4. The lowest BCUT2D eigenvalue weighted by molar-refractivity contribution is -0.122. The highest BCUT2D eigenvalue weighted by Crippen LogP contribution is 2.19. The summed E-state index contributed by atoms with van der Waals surface area (Å²) in [5.74, 6) is 0.0997. The Labute approximate surface area is 124 Å². The molecule has 0 aliphatic carbocycles. The molecule has 2 rings (SSSR count). The first-order valence-corrected chi connectivity index (χ1v) is 8.07. The third-order valence-electron chi connectivity index (χ3n) is 3.80. The number of aromatic nitrogens is 1. The first-order valence-electron chi connectivity index (χ1n) is 7.19. The zero-order valence-electron chi connectivity index (χ0n) is 12.5. The van der Waals surface area contributed by atoms with Crippen molar-refractivity contribution in [3.05, 3.63) is 16.1 Å². The highest BCUT2D eigenvalue weighted by molar-refractivity contribution is 7.09. The molecular formula is C14H24N4OS. The number of amides is 1. The van der Waals surface area contributed by atoms with Crippen LogP contribution in [0.4, 0.5) is 0 Å². The van der Waals surface area contributed by atoms with Crippen LogP contribution in [0.5, 0.6) is 0 Å². The fourth-order valence-electron chi connectivity index (χ4n) is 2.56. The molecule has 1 amide bonds. The third-order valence-corrected chi connectivity index (χ3v) is 4.59. The van der Waals surface area contributed by atoms with Gasteiger partial charge in [0, 0.05) is 37.6 Å². The van der Waals surface area contributed by atoms with Gasteiger partial charge in [-0.25, -0.2) is 4.98 Å². The summed E-state index contributed by atoms with van der Waals surface area (Å²) in [5.41, 5.74) is 1.14. The van der Waals surface area contributed by atoms with Crippen LogP contribution in [0, 0.1) is 6.92 Å². The van der Waals surface area contributed by atoms with E-state index in [1.54, 1.807) is 18.4 Å². The van der Waals surface area contributed by atoms with Gasteiger partial charge < -0.3 is 10.6 Å². The van der Waals surface area contributed by atoms with Crippen LogP contribution in [0.25, 0.3) is 0 Å². The normalized spacial score (nSPS) is 18.9. The summed E-state index contributed by atoms with van der Waals surface area (Å²) in [6, 6.07) is 0.823. The summed E-state index contributed by atoms with van der Waals surface area (Å²) in [6.45, 7) is 6.69. The van der Waals surface area contributed by atoms with Crippen molar-refractivity contribution >= 4 is 17.2 Å². The number of likely N-dealkylation sites (tertiary alicyclic amines) is 1. The van der Waals surface area contributed by atoms with Crippen molar-refractivity contribution in [2.75, 3.05) is 26.7 Å². The van der Waals surface area contributed by atoms with E-state index in [2.05, 4.69) is 32.8 Å². The zero-order chi connectivity index (χ0) is 14.5. The Bertz CT molecular complexity index is 440. The Balaban J connectivity index is 1.75. The number of carbonyl (C=O) groups excluding carboxylic acids is 1. The molecule has 1 saturated heterocycles. The number of thiazole rings is 1. The molecule has 0 saturated carbocycles. The van der Waals surface area contributed by atoms with Crippen LogP contribution in [-0.2, 0) is 4.79 Å². The number of aryl methyl sites for hydroxylation is 1. The van der Waals surface area contributed by atoms with Crippen LogP contribution in [0.3, 0.4) is 0 Å². The van der Waals surface area contributed by atoms with Crippen molar-refractivity contribution in [1.29, 1.82) is 0 Å². The van der Waals surface area contributed by atoms with Crippen molar-refractivity contribution in [2.24, 2.45) is 0 Å². The van der Waals surface area contributed by atoms with Gasteiger partial charge in [0.1, 0.15) is 0 Å². The minimum absolute atomic E-state index is 0.0997. The van der Waals surface area contributed by atoms with E-state index in [0.29, 0.717) is 18.6 Å². The van der Waals surface area contributed by atoms with Crippen LogP contribution in [0.2, 0.25) is 0 Å². The highest BCUT2D eigenvalue weighted by atomic mass is 32.1. The average molecular weight is 296 g/mol. The predicted octanol–water partition coefficient (Wildman–Crippen LogP) is 1.31. The van der Waals surface area contributed by atoms with Crippen LogP contribution in [0.1, 0.15) is 36.5 Å². The van der Waals surface area contributed by atoms with Crippen molar-refractivity contribution < 1.29 is 4.79 Å². The Morgan fingerprint density at radius 1 is 1.55 bits per heavy atom. The van der Waals surface area contributed by atoms with E-state index in [9.17, 15) is 4.79 Å². The zero-order valence-corrected chi connectivity index (χ0v) is 13.3. The number of carbonyl (C=O) groups is 1. The fourth-order valence-corrected chi connectivity index (χ4v) is 3.26. The molecule has 2 heterocycles. The van der Waals surface area contributed by atoms with Gasteiger partial charge in [0.2, 0.25) is 5.91 Å². The van der Waals surface area contributed by atoms with Gasteiger partial charge in [0.25, 0.3) is 0 Å². The molecule has 1 aromatic rings. The third kappa shape index (κ3) is 4.26. The topological polar surface area (TPSA) is 57.3 Å². The molecule has 1 unspecified atom stereocenters. The van der Waals surface area contributed by atoms with Crippen LogP contribution in [-0.4, -0.2) is 48.5 Å². The molecule has 0 bridgehead atoms. The van der Waals surface area contributed by atoms with Gasteiger partial charge in [0.15, 0.2) is 0 Å². The Hall–Kier alpha value is -0.980. The maximum atomic E-state index is 11.4. The van der Waals surface area contributed by atoms with Crippen LogP contribution < -0.4 is 10.6 Å². The minimum atomic E-state index is 0.0997. The lowest BCUT2D eigenvalue weighted by atomic mass is 10.0. The minimum Gasteiger partial charge on any atom is -0.358 e. The van der Waals surface area contributed by atoms with Gasteiger partial charge in [-0.05, 0) is 26.7 Å². The van der Waals surface area contributed by atoms with Crippen molar-refractivity contribution in [3.63, 3.8) is 0 Å². The number of hydrogen-bond donors (Lipinski definition) is 2. The molecular weight excluding hydrogens is 272 g/mol. The molecule has 1 aromatic heterocycles. The van der Waals surface area contributed by atoms with Crippen LogP contribution in [0.15, 0.2) is 5.38 Å². The largest absolute Gasteiger partial charge is 0.358 e. The van der Waals surface area contributed by atoms with Crippen molar-refractivity contribution in [1.82, 2.24) is 20.5 Å². The summed E-state index contributed by atoms with van der Waals surface area (Å²) >= 11 is 1.70. The van der Waals surface area contributed by atoms with E-state index in [4.69, 9.17) is 0 Å². The predicted molar refractivity (Wildman–Crippen MR) is 81.9 cm³/mol. The Kier molecular flexibility index (Phi) is 5.51. The lowest BCUT2D eigenvalue weighted by Gasteiger charge is -2.33. The van der Waals surface area contributed by atoms with Gasteiger partial charge in [-0.3, -0.25) is 9.69 Å². The average Bonchev–Trinajstić information content (AvgIpc) is 2.87. The highest BCUT2D eigenvalue weighted by Gasteiger charge is 2.22. The second kappa shape index (κ2) is 7.15. The van der Waals surface area contributed by atoms with E-state index < -0.39 is 0 Å². The Morgan fingerprint density at radius 3 is 2.80 bits per heavy atom. The lowest BCUT2D eigenvalue weighted by Crippen LogP contribution is -2.46. The first kappa shape index (κ1) is 15.4. The summed E-state index contributed by atoms with van der Waals surface area (Å²) in [6.07, 6.45) is 2.18. The van der Waals surface area contributed by atoms with Gasteiger partial charge in [-0.15, -0.1) is 11.3 Å². The molecule has 0 spiro atoms. The van der Waals surface area contributed by atoms with E-state index in [1.165, 1.54) is 0 Å². The number of rotatable bonds is 5. The number of nitrogens with one attached hydrogen (secondary N) is 2. The van der Waals surface area contributed by atoms with E-state index in [-0.39, 0.29) is 5.91 Å². The molecule has 0 radical (unpaired) electrons. The molecule has 1 atom stereocenters. The van der Waals surface area contributed by atoms with E-state index >= 15 is 0 Å². The molecule has 5 nitrogen and oxygen atoms in total. The summed E-state index contributed by atoms with van der Waals surface area (Å²) in [5, 5.41) is 9.58. The fraction of sp³-hybridized carbons (Fsp3) is 0.714. The second-order valence-electron chi connectivity index (χ2n) is 5.40. The molecule has 6 heteroatoms. The Morgan fingerprint density at radius 2 is 2.25 bits per heavy atom. The van der Waals surface area contributed by atoms with E-state index in [0.717, 1.165) is 36.6 Å². The molecule has 20 heavy (non-hydrogen) atoms. The smallest absolute Gasteiger partial charge is 0.233 e. The summed E-state index contributed by atoms with van der Waals surface area (Å²) < 4.78 is 0. The quantitative estimate of drug-likeness (QED) is 0.860. The number of hydrogen-bond acceptors (Lipinski definition) is 5. The SMILES string of the molecule is CNC(=O)CN1CCC(NC(C)c2csc(C)n2)CC1.